The second kappa shape index (κ2) is 6.85. The number of halogens is 2. The third kappa shape index (κ3) is 4.19. The summed E-state index contributed by atoms with van der Waals surface area (Å²) >= 11 is 5.80. The van der Waals surface area contributed by atoms with Gasteiger partial charge in [-0.2, -0.15) is 10.5 Å². The molecule has 0 aliphatic heterocycles. The van der Waals surface area contributed by atoms with E-state index in [1.807, 2.05) is 5.53 Å². The molecule has 0 atom stereocenters. The summed E-state index contributed by atoms with van der Waals surface area (Å²) in [5.74, 6) is 4.05. The number of carbonyl (C=O) groups excluding carboxylic acids is 2. The van der Waals surface area contributed by atoms with Crippen molar-refractivity contribution in [2.45, 2.75) is 0 Å². The Balaban J connectivity index is 0.000000196. The zero-order valence-electron chi connectivity index (χ0n) is 8.82. The van der Waals surface area contributed by atoms with Crippen molar-refractivity contribution in [3.63, 3.8) is 0 Å². The minimum Gasteiger partial charge on any atom is -0.272 e. The molecule has 0 heterocycles. The van der Waals surface area contributed by atoms with Crippen LogP contribution in [-0.2, 0) is 9.59 Å². The molecule has 0 fully saturated rings. The van der Waals surface area contributed by atoms with Crippen LogP contribution in [0.5, 0.6) is 0 Å². The Hall–Kier alpha value is -0.760. The molecule has 2 aliphatic rings. The van der Waals surface area contributed by atoms with Gasteiger partial charge in [0.1, 0.15) is 0 Å². The number of carbonyl (C=O) groups is 2. The molecule has 0 aromatic carbocycles. The number of hydrogen-bond acceptors (Lipinski definition) is 4. The SMILES string of the molecule is NNN(C(=O)CBr)C(=O)CBr.c1cc2cc-2c1. The van der Waals surface area contributed by atoms with Gasteiger partial charge in [-0.1, -0.05) is 50.1 Å². The van der Waals surface area contributed by atoms with Crippen LogP contribution in [0, 0.1) is 0 Å². The lowest BCUT2D eigenvalue weighted by Gasteiger charge is -2.15. The monoisotopic (exact) mass is 363 g/mol. The van der Waals surface area contributed by atoms with Gasteiger partial charge in [-0.15, -0.1) is 0 Å². The van der Waals surface area contributed by atoms with Crippen molar-refractivity contribution < 1.29 is 9.59 Å². The molecular formula is C10H11Br2N3O2. The van der Waals surface area contributed by atoms with E-state index in [2.05, 4.69) is 56.1 Å². The van der Waals surface area contributed by atoms with Gasteiger partial charge in [0.2, 0.25) is 0 Å². The fraction of sp³-hybridized carbons (Fsp3) is 0.200. The molecule has 0 aromatic heterocycles. The van der Waals surface area contributed by atoms with Crippen molar-refractivity contribution in [2.75, 3.05) is 10.7 Å². The largest absolute Gasteiger partial charge is 0.272 e. The van der Waals surface area contributed by atoms with Crippen LogP contribution in [0.2, 0.25) is 0 Å². The van der Waals surface area contributed by atoms with Crippen molar-refractivity contribution in [1.82, 2.24) is 10.5 Å². The third-order valence-corrected chi connectivity index (χ3v) is 2.93. The van der Waals surface area contributed by atoms with Crippen LogP contribution in [0.15, 0.2) is 24.3 Å². The molecule has 2 amide bonds. The van der Waals surface area contributed by atoms with Gasteiger partial charge in [-0.3, -0.25) is 15.4 Å². The molecule has 0 spiro atoms. The molecule has 2 rings (SSSR count). The fourth-order valence-electron chi connectivity index (χ4n) is 1.08. The molecule has 17 heavy (non-hydrogen) atoms. The molecule has 0 unspecified atom stereocenters. The molecule has 0 bridgehead atoms. The first-order chi connectivity index (χ1) is 8.13. The number of nitrogens with zero attached hydrogens (tertiary/aromatic N) is 1. The topological polar surface area (TPSA) is 75.4 Å². The standard InChI is InChI=1S/C6H4.C4H7Br2N3O2/c1-2-5-4-6(5)3-1;5-1-3(10)9(8-7)4(11)2-6/h1-4H;8H,1-2,7H2. The summed E-state index contributed by atoms with van der Waals surface area (Å²) in [5.41, 5.74) is 4.83. The molecule has 92 valence electrons. The van der Waals surface area contributed by atoms with E-state index in [0.29, 0.717) is 0 Å². The number of benzene rings is 1. The summed E-state index contributed by atoms with van der Waals surface area (Å²) in [6.45, 7) is 0. The van der Waals surface area contributed by atoms with Crippen molar-refractivity contribution in [2.24, 2.45) is 5.84 Å². The van der Waals surface area contributed by atoms with Crippen LogP contribution in [-0.4, -0.2) is 27.5 Å². The van der Waals surface area contributed by atoms with E-state index in [9.17, 15) is 9.59 Å². The number of amides is 2. The number of rotatable bonds is 3. The maximum absolute atomic E-state index is 10.8. The predicted octanol–water partition coefficient (Wildman–Crippen LogP) is 1.18. The first kappa shape index (κ1) is 14.3. The first-order valence-electron chi connectivity index (χ1n) is 4.68. The zero-order chi connectivity index (χ0) is 12.8. The second-order valence-corrected chi connectivity index (χ2v) is 4.22. The molecule has 7 heteroatoms. The van der Waals surface area contributed by atoms with E-state index in [1.165, 1.54) is 11.1 Å². The highest BCUT2D eigenvalue weighted by atomic mass is 79.9. The Labute approximate surface area is 116 Å². The second-order valence-electron chi connectivity index (χ2n) is 3.10. The molecule has 2 aliphatic carbocycles. The molecule has 0 aromatic rings. The van der Waals surface area contributed by atoms with Crippen molar-refractivity contribution >= 4 is 43.7 Å². The minimum absolute atomic E-state index is 0.0515. The summed E-state index contributed by atoms with van der Waals surface area (Å²) in [5, 5.41) is 0.829. The molecule has 0 saturated carbocycles. The predicted molar refractivity (Wildman–Crippen MR) is 72.2 cm³/mol. The van der Waals surface area contributed by atoms with Gasteiger partial charge in [-0.05, 0) is 17.2 Å². The van der Waals surface area contributed by atoms with E-state index in [1.54, 1.807) is 0 Å². The number of hydrazine groups is 2. The number of fused-ring (bicyclic) bond motifs is 1. The summed E-state index contributed by atoms with van der Waals surface area (Å²) in [6.07, 6.45) is 0. The van der Waals surface area contributed by atoms with Crippen LogP contribution in [0.4, 0.5) is 0 Å². The lowest BCUT2D eigenvalue weighted by molar-refractivity contribution is -0.145. The molecule has 0 saturated heterocycles. The normalized spacial score (nSPS) is 10.1. The number of alkyl halides is 2. The van der Waals surface area contributed by atoms with E-state index in [4.69, 9.17) is 5.84 Å². The summed E-state index contributed by atoms with van der Waals surface area (Å²) in [6, 6.07) is 8.48. The van der Waals surface area contributed by atoms with Gasteiger partial charge in [0.15, 0.2) is 0 Å². The first-order valence-corrected chi connectivity index (χ1v) is 6.92. The smallest absolute Gasteiger partial charge is 0.255 e. The van der Waals surface area contributed by atoms with E-state index in [-0.39, 0.29) is 10.7 Å². The van der Waals surface area contributed by atoms with Crippen molar-refractivity contribution in [3.05, 3.63) is 24.3 Å². The van der Waals surface area contributed by atoms with E-state index >= 15 is 0 Å². The molecular weight excluding hydrogens is 354 g/mol. The Morgan fingerprint density at radius 1 is 1.18 bits per heavy atom. The summed E-state index contributed by atoms with van der Waals surface area (Å²) < 4.78 is 0. The minimum atomic E-state index is -0.433. The van der Waals surface area contributed by atoms with Gasteiger partial charge < -0.3 is 0 Å². The highest BCUT2D eigenvalue weighted by molar-refractivity contribution is 9.09. The zero-order valence-corrected chi connectivity index (χ0v) is 12.0. The highest BCUT2D eigenvalue weighted by Gasteiger charge is 2.17. The number of imide groups is 1. The van der Waals surface area contributed by atoms with E-state index in [0.717, 1.165) is 5.01 Å². The van der Waals surface area contributed by atoms with Gasteiger partial charge in [0.25, 0.3) is 11.8 Å². The summed E-state index contributed by atoms with van der Waals surface area (Å²) in [7, 11) is 0. The number of hydrogen-bond donors (Lipinski definition) is 2. The maximum atomic E-state index is 10.8. The highest BCUT2D eigenvalue weighted by Crippen LogP contribution is 2.32. The average Bonchev–Trinajstić information content (AvgIpc) is 2.97. The lowest BCUT2D eigenvalue weighted by atomic mass is 10.6. The van der Waals surface area contributed by atoms with Crippen LogP contribution < -0.4 is 11.4 Å². The van der Waals surface area contributed by atoms with Crippen LogP contribution in [0.25, 0.3) is 11.1 Å². The van der Waals surface area contributed by atoms with Crippen LogP contribution in [0.1, 0.15) is 0 Å². The molecule has 0 radical (unpaired) electrons. The van der Waals surface area contributed by atoms with E-state index < -0.39 is 11.8 Å². The van der Waals surface area contributed by atoms with Crippen molar-refractivity contribution in [1.29, 1.82) is 0 Å². The quantitative estimate of drug-likeness (QED) is 0.487. The Bertz CT molecular complexity index is 393. The van der Waals surface area contributed by atoms with Crippen LogP contribution >= 0.6 is 31.9 Å². The lowest BCUT2D eigenvalue weighted by Crippen LogP contribution is -2.51. The average molecular weight is 365 g/mol. The maximum Gasteiger partial charge on any atom is 0.255 e. The number of nitrogens with one attached hydrogen (secondary N) is 1. The Morgan fingerprint density at radius 3 is 1.82 bits per heavy atom. The fourth-order valence-corrected chi connectivity index (χ4v) is 1.58. The molecule has 5 nitrogen and oxygen atoms in total. The third-order valence-electron chi connectivity index (χ3n) is 1.97. The Kier molecular flexibility index (Phi) is 5.76. The summed E-state index contributed by atoms with van der Waals surface area (Å²) in [4.78, 5) is 21.7. The molecule has 3 N–H and O–H groups in total. The Morgan fingerprint density at radius 2 is 1.65 bits per heavy atom. The van der Waals surface area contributed by atoms with Crippen molar-refractivity contribution in [3.8, 4) is 11.1 Å². The van der Waals surface area contributed by atoms with Gasteiger partial charge in [0.05, 0.1) is 10.7 Å². The van der Waals surface area contributed by atoms with Gasteiger partial charge in [0, 0.05) is 0 Å². The van der Waals surface area contributed by atoms with Crippen LogP contribution in [0.3, 0.4) is 0 Å². The van der Waals surface area contributed by atoms with Gasteiger partial charge >= 0.3 is 0 Å². The number of nitrogens with two attached hydrogens (primary N) is 1. The van der Waals surface area contributed by atoms with Gasteiger partial charge in [-0.25, -0.2) is 0 Å².